The van der Waals surface area contributed by atoms with Crippen LogP contribution in [0.3, 0.4) is 0 Å². The Morgan fingerprint density at radius 3 is 3.00 bits per heavy atom. The van der Waals surface area contributed by atoms with Gasteiger partial charge < -0.3 is 15.2 Å². The largest absolute Gasteiger partial charge is 0.489 e. The molecule has 3 nitrogen and oxygen atoms in total. The summed E-state index contributed by atoms with van der Waals surface area (Å²) in [6, 6.07) is 1.94. The fourth-order valence-corrected chi connectivity index (χ4v) is 1.73. The number of benzene rings is 1. The highest BCUT2D eigenvalue weighted by Crippen LogP contribution is 2.33. The van der Waals surface area contributed by atoms with E-state index in [2.05, 4.69) is 5.32 Å². The topological polar surface area (TPSA) is 41.5 Å². The Bertz CT molecular complexity index is 384. The minimum atomic E-state index is -0.649. The summed E-state index contributed by atoms with van der Waals surface area (Å²) in [5.74, 6) is -1.09. The zero-order valence-electron chi connectivity index (χ0n) is 8.67. The van der Waals surface area contributed by atoms with Crippen LogP contribution in [0.5, 0.6) is 5.75 Å². The van der Waals surface area contributed by atoms with Crippen LogP contribution in [0.4, 0.5) is 14.5 Å². The molecule has 1 aliphatic heterocycles. The van der Waals surface area contributed by atoms with Crippen LogP contribution in [0.2, 0.25) is 0 Å². The average Bonchev–Trinajstić information content (AvgIpc) is 2.26. The van der Waals surface area contributed by atoms with Crippen LogP contribution in [-0.4, -0.2) is 24.4 Å². The van der Waals surface area contributed by atoms with E-state index in [1.54, 1.807) is 0 Å². The summed E-state index contributed by atoms with van der Waals surface area (Å²) in [5.41, 5.74) is 0.204. The second-order valence-electron chi connectivity index (χ2n) is 3.78. The van der Waals surface area contributed by atoms with Gasteiger partial charge in [-0.25, -0.2) is 8.78 Å². The summed E-state index contributed by atoms with van der Waals surface area (Å²) in [4.78, 5) is 0. The van der Waals surface area contributed by atoms with Gasteiger partial charge in [-0.15, -0.1) is 0 Å². The van der Waals surface area contributed by atoms with E-state index in [-0.39, 0.29) is 24.1 Å². The zero-order chi connectivity index (χ0) is 11.5. The number of hydrogen-bond donors (Lipinski definition) is 2. The lowest BCUT2D eigenvalue weighted by atomic mass is 10.1. The van der Waals surface area contributed by atoms with E-state index in [1.165, 1.54) is 0 Å². The van der Waals surface area contributed by atoms with Crippen molar-refractivity contribution >= 4 is 5.69 Å². The van der Waals surface area contributed by atoms with E-state index in [0.717, 1.165) is 12.1 Å². The Hall–Kier alpha value is -1.36. The lowest BCUT2D eigenvalue weighted by Crippen LogP contribution is -2.32. The maximum atomic E-state index is 13.4. The number of anilines is 1. The Kier molecular flexibility index (Phi) is 3.24. The molecule has 0 fully saturated rings. The Morgan fingerprint density at radius 1 is 1.44 bits per heavy atom. The van der Waals surface area contributed by atoms with Crippen molar-refractivity contribution in [2.75, 3.05) is 18.5 Å². The molecule has 0 spiro atoms. The smallest absolute Gasteiger partial charge is 0.153 e. The fraction of sp³-hybridized carbons (Fsp3) is 0.455. The zero-order valence-corrected chi connectivity index (χ0v) is 8.67. The van der Waals surface area contributed by atoms with Crippen LogP contribution < -0.4 is 10.1 Å². The summed E-state index contributed by atoms with van der Waals surface area (Å²) in [7, 11) is 0. The number of fused-ring (bicyclic) bond motifs is 1. The third kappa shape index (κ3) is 2.24. The molecule has 1 atom stereocenters. The summed E-state index contributed by atoms with van der Waals surface area (Å²) in [5, 5.41) is 11.6. The monoisotopic (exact) mass is 229 g/mol. The molecular weight excluding hydrogens is 216 g/mol. The molecule has 1 aliphatic rings. The molecule has 88 valence electrons. The van der Waals surface area contributed by atoms with Crippen molar-refractivity contribution in [3.05, 3.63) is 23.8 Å². The van der Waals surface area contributed by atoms with Crippen molar-refractivity contribution < 1.29 is 18.6 Å². The first-order valence-corrected chi connectivity index (χ1v) is 5.20. The highest BCUT2D eigenvalue weighted by atomic mass is 19.1. The van der Waals surface area contributed by atoms with Crippen LogP contribution >= 0.6 is 0 Å². The quantitative estimate of drug-likeness (QED) is 0.831. The standard InChI is InChI=1S/C11H13F2NO2/c12-7-4-9(13)11-10(5-7)16-6-8(14-11)2-1-3-15/h4-5,8,14-15H,1-3,6H2. The van der Waals surface area contributed by atoms with Gasteiger partial charge in [0, 0.05) is 18.7 Å². The van der Waals surface area contributed by atoms with Crippen molar-refractivity contribution in [2.24, 2.45) is 0 Å². The normalized spacial score (nSPS) is 18.6. The molecule has 0 saturated carbocycles. The number of hydrogen-bond acceptors (Lipinski definition) is 3. The third-order valence-corrected chi connectivity index (χ3v) is 2.52. The molecule has 2 rings (SSSR count). The van der Waals surface area contributed by atoms with Gasteiger partial charge in [0.2, 0.25) is 0 Å². The molecule has 0 aromatic heterocycles. The van der Waals surface area contributed by atoms with Crippen molar-refractivity contribution in [2.45, 2.75) is 18.9 Å². The molecule has 16 heavy (non-hydrogen) atoms. The molecule has 0 saturated heterocycles. The van der Waals surface area contributed by atoms with Crippen molar-refractivity contribution in [1.29, 1.82) is 0 Å². The van der Waals surface area contributed by atoms with E-state index < -0.39 is 11.6 Å². The fourth-order valence-electron chi connectivity index (χ4n) is 1.73. The number of rotatable bonds is 3. The van der Waals surface area contributed by atoms with Gasteiger partial charge in [0.25, 0.3) is 0 Å². The number of aliphatic hydroxyl groups is 1. The SMILES string of the molecule is OCCCC1COc2cc(F)cc(F)c2N1. The molecule has 1 unspecified atom stereocenters. The second kappa shape index (κ2) is 4.65. The summed E-state index contributed by atoms with van der Waals surface area (Å²) in [6.45, 7) is 0.451. The summed E-state index contributed by atoms with van der Waals surface area (Å²) >= 11 is 0. The van der Waals surface area contributed by atoms with Crippen LogP contribution in [0.1, 0.15) is 12.8 Å². The number of aliphatic hydroxyl groups excluding tert-OH is 1. The molecule has 0 radical (unpaired) electrons. The highest BCUT2D eigenvalue weighted by molar-refractivity contribution is 5.59. The molecule has 1 aromatic carbocycles. The molecular formula is C11H13F2NO2. The van der Waals surface area contributed by atoms with Crippen LogP contribution in [0.25, 0.3) is 0 Å². The lowest BCUT2D eigenvalue weighted by molar-refractivity contribution is 0.248. The van der Waals surface area contributed by atoms with E-state index in [0.29, 0.717) is 19.4 Å². The first-order chi connectivity index (χ1) is 7.70. The van der Waals surface area contributed by atoms with Crippen LogP contribution in [0.15, 0.2) is 12.1 Å². The second-order valence-corrected chi connectivity index (χ2v) is 3.78. The highest BCUT2D eigenvalue weighted by Gasteiger charge is 2.22. The Morgan fingerprint density at radius 2 is 2.25 bits per heavy atom. The number of ether oxygens (including phenoxy) is 1. The first kappa shape index (κ1) is 11.1. The molecule has 5 heteroatoms. The predicted octanol–water partition coefficient (Wildman–Crippen LogP) is 1.91. The molecule has 1 heterocycles. The minimum absolute atomic E-state index is 0.0420. The minimum Gasteiger partial charge on any atom is -0.489 e. The molecule has 0 bridgehead atoms. The van der Waals surface area contributed by atoms with Gasteiger partial charge in [-0.2, -0.15) is 0 Å². The predicted molar refractivity (Wildman–Crippen MR) is 55.6 cm³/mol. The van der Waals surface area contributed by atoms with Gasteiger partial charge in [0.15, 0.2) is 5.82 Å². The van der Waals surface area contributed by atoms with E-state index in [4.69, 9.17) is 9.84 Å². The van der Waals surface area contributed by atoms with E-state index >= 15 is 0 Å². The average molecular weight is 229 g/mol. The van der Waals surface area contributed by atoms with Crippen LogP contribution in [-0.2, 0) is 0 Å². The lowest BCUT2D eigenvalue weighted by Gasteiger charge is -2.27. The molecule has 0 amide bonds. The Labute approximate surface area is 92.0 Å². The third-order valence-electron chi connectivity index (χ3n) is 2.52. The van der Waals surface area contributed by atoms with Crippen molar-refractivity contribution in [3.63, 3.8) is 0 Å². The van der Waals surface area contributed by atoms with Gasteiger partial charge >= 0.3 is 0 Å². The Balaban J connectivity index is 2.14. The molecule has 0 aliphatic carbocycles. The maximum absolute atomic E-state index is 13.4. The van der Waals surface area contributed by atoms with Crippen molar-refractivity contribution in [3.8, 4) is 5.75 Å². The van der Waals surface area contributed by atoms with Crippen LogP contribution in [0, 0.1) is 11.6 Å². The summed E-state index contributed by atoms with van der Waals surface area (Å²) < 4.78 is 31.5. The maximum Gasteiger partial charge on any atom is 0.153 e. The molecule has 1 aromatic rings. The van der Waals surface area contributed by atoms with Gasteiger partial charge in [0.1, 0.15) is 23.9 Å². The van der Waals surface area contributed by atoms with Gasteiger partial charge in [-0.1, -0.05) is 0 Å². The molecule has 2 N–H and O–H groups in total. The summed E-state index contributed by atoms with van der Waals surface area (Å²) in [6.07, 6.45) is 1.31. The van der Waals surface area contributed by atoms with Gasteiger partial charge in [-0.3, -0.25) is 0 Å². The van der Waals surface area contributed by atoms with Gasteiger partial charge in [-0.05, 0) is 12.8 Å². The first-order valence-electron chi connectivity index (χ1n) is 5.20. The number of nitrogens with one attached hydrogen (secondary N) is 1. The van der Waals surface area contributed by atoms with E-state index in [9.17, 15) is 8.78 Å². The van der Waals surface area contributed by atoms with Crippen molar-refractivity contribution in [1.82, 2.24) is 0 Å². The number of halogens is 2. The van der Waals surface area contributed by atoms with E-state index in [1.807, 2.05) is 0 Å². The van der Waals surface area contributed by atoms with Gasteiger partial charge in [0.05, 0.1) is 6.04 Å².